The van der Waals surface area contributed by atoms with E-state index < -0.39 is 0 Å². The molecular weight excluding hydrogens is 854 g/mol. The number of phenols is 1. The number of pyridine rings is 1. The molecule has 0 unspecified atom stereocenters. The summed E-state index contributed by atoms with van der Waals surface area (Å²) in [5, 5.41) is 11.3. The van der Waals surface area contributed by atoms with Crippen molar-refractivity contribution in [3.05, 3.63) is 119 Å². The minimum Gasteiger partial charge on any atom is -0.507 e. The van der Waals surface area contributed by atoms with Crippen LogP contribution < -0.4 is 0 Å². The Balaban J connectivity index is 0.00000580. The van der Waals surface area contributed by atoms with E-state index in [4.69, 9.17) is 9.97 Å². The third-order valence-corrected chi connectivity index (χ3v) is 10.6. The predicted octanol–water partition coefficient (Wildman–Crippen LogP) is 13.4. The summed E-state index contributed by atoms with van der Waals surface area (Å²) in [5.74, 6) is 0.895. The Bertz CT molecular complexity index is 2330. The number of hydrogen-bond donors (Lipinski definition) is 1. The van der Waals surface area contributed by atoms with Gasteiger partial charge in [-0.1, -0.05) is 151 Å². The smallest absolute Gasteiger partial charge is 0.148 e. The van der Waals surface area contributed by atoms with Gasteiger partial charge in [-0.3, -0.25) is 9.55 Å². The zero-order valence-corrected chi connectivity index (χ0v) is 38.0. The van der Waals surface area contributed by atoms with E-state index in [1.54, 1.807) is 6.07 Å². The van der Waals surface area contributed by atoms with E-state index in [9.17, 15) is 5.11 Å². The van der Waals surface area contributed by atoms with Gasteiger partial charge in [-0.05, 0) is 80.2 Å². The summed E-state index contributed by atoms with van der Waals surface area (Å²) >= 11 is 0. The summed E-state index contributed by atoms with van der Waals surface area (Å²) in [7, 11) is 0. The number of nitrogens with zero attached hydrogens (tertiary/aromatic N) is 3. The number of rotatable bonds is 4. The first-order valence-corrected chi connectivity index (χ1v) is 19.4. The van der Waals surface area contributed by atoms with E-state index in [-0.39, 0.29) is 53.9 Å². The molecule has 4 aromatic carbocycles. The zero-order valence-electron chi connectivity index (χ0n) is 35.7. The number of aromatic hydroxyl groups is 1. The van der Waals surface area contributed by atoms with Gasteiger partial charge in [-0.2, -0.15) is 0 Å². The molecule has 2 aromatic heterocycles. The summed E-state index contributed by atoms with van der Waals surface area (Å²) in [6.07, 6.45) is 1.94. The average Bonchev–Trinajstić information content (AvgIpc) is 3.45. The Morgan fingerprint density at radius 3 is 1.64 bits per heavy atom. The molecule has 0 aliphatic rings. The second kappa shape index (κ2) is 14.5. The van der Waals surface area contributed by atoms with Crippen molar-refractivity contribution in [3.63, 3.8) is 0 Å². The van der Waals surface area contributed by atoms with Crippen LogP contribution in [0, 0.1) is 6.07 Å². The van der Waals surface area contributed by atoms with Crippen LogP contribution in [0.2, 0.25) is 0 Å². The number of imidazole rings is 1. The Morgan fingerprint density at radius 1 is 0.545 bits per heavy atom. The molecule has 1 N–H and O–H groups in total. The molecule has 0 fully saturated rings. The van der Waals surface area contributed by atoms with Crippen molar-refractivity contribution >= 4 is 11.0 Å². The van der Waals surface area contributed by atoms with E-state index in [0.29, 0.717) is 11.4 Å². The Hall–Kier alpha value is -4.01. The molecule has 55 heavy (non-hydrogen) atoms. The van der Waals surface area contributed by atoms with Gasteiger partial charge in [0.15, 0.2) is 0 Å². The van der Waals surface area contributed by atoms with Gasteiger partial charge in [-0.15, -0.1) is 28.8 Å². The molecule has 5 heteroatoms. The van der Waals surface area contributed by atoms with Gasteiger partial charge in [0.25, 0.3) is 0 Å². The van der Waals surface area contributed by atoms with Crippen LogP contribution >= 0.6 is 0 Å². The van der Waals surface area contributed by atoms with E-state index in [0.717, 1.165) is 39.1 Å². The Morgan fingerprint density at radius 2 is 1.09 bits per heavy atom. The van der Waals surface area contributed by atoms with Crippen LogP contribution in [0.15, 0.2) is 85.1 Å². The number of aromatic nitrogens is 3. The molecule has 0 saturated carbocycles. The molecule has 6 aromatic rings. The SMILES string of the molecule is CC(C)(C)c1cc(-n2c(-c3ccccc3O)nc3c(-c4[c-]c(-c5cc(C(C)(C)C)ccn5)c(C(C)(C)C)cc4C(C)(C)C)cccc32)cc(C(C)(C)C)c1.[Pt]. The fourth-order valence-electron chi connectivity index (χ4n) is 7.19. The molecule has 0 amide bonds. The molecule has 0 aliphatic carbocycles. The zero-order chi connectivity index (χ0) is 39.8. The van der Waals surface area contributed by atoms with Crippen LogP contribution in [0.4, 0.5) is 0 Å². The number of fused-ring (bicyclic) bond motifs is 1. The normalized spacial score (nSPS) is 12.9. The molecule has 0 atom stereocenters. The van der Waals surface area contributed by atoms with Crippen molar-refractivity contribution in [1.29, 1.82) is 0 Å². The molecule has 4 nitrogen and oxygen atoms in total. The van der Waals surface area contributed by atoms with Crippen LogP contribution in [-0.2, 0) is 48.1 Å². The van der Waals surface area contributed by atoms with Crippen molar-refractivity contribution in [2.24, 2.45) is 0 Å². The quantitative estimate of drug-likeness (QED) is 0.179. The summed E-state index contributed by atoms with van der Waals surface area (Å²) < 4.78 is 2.24. The maximum absolute atomic E-state index is 11.3. The maximum Gasteiger partial charge on any atom is 0.148 e. The molecule has 292 valence electrons. The van der Waals surface area contributed by atoms with Gasteiger partial charge in [0.2, 0.25) is 0 Å². The van der Waals surface area contributed by atoms with Crippen LogP contribution in [0.5, 0.6) is 5.75 Å². The van der Waals surface area contributed by atoms with Crippen molar-refractivity contribution in [3.8, 4) is 45.2 Å². The van der Waals surface area contributed by atoms with Crippen molar-refractivity contribution in [2.45, 2.75) is 131 Å². The number of hydrogen-bond acceptors (Lipinski definition) is 3. The van der Waals surface area contributed by atoms with Gasteiger partial charge >= 0.3 is 0 Å². The Labute approximate surface area is 345 Å². The van der Waals surface area contributed by atoms with Crippen molar-refractivity contribution in [2.75, 3.05) is 0 Å². The molecule has 2 heterocycles. The summed E-state index contributed by atoms with van der Waals surface area (Å²) in [6, 6.07) is 31.7. The van der Waals surface area contributed by atoms with Gasteiger partial charge in [0.05, 0.1) is 16.6 Å². The number of phenolic OH excluding ortho intramolecular Hbond substituents is 1. The predicted molar refractivity (Wildman–Crippen MR) is 229 cm³/mol. The first kappa shape index (κ1) is 42.1. The summed E-state index contributed by atoms with van der Waals surface area (Å²) in [4.78, 5) is 10.5. The van der Waals surface area contributed by atoms with Crippen LogP contribution in [0.25, 0.3) is 50.5 Å². The maximum atomic E-state index is 11.3. The second-order valence-corrected chi connectivity index (χ2v) is 20.3. The summed E-state index contributed by atoms with van der Waals surface area (Å²) in [6.45, 7) is 34.0. The molecular formula is C50H60N3OPt-. The fourth-order valence-corrected chi connectivity index (χ4v) is 7.19. The monoisotopic (exact) mass is 913 g/mol. The van der Waals surface area contributed by atoms with Crippen molar-refractivity contribution in [1.82, 2.24) is 14.5 Å². The third-order valence-electron chi connectivity index (χ3n) is 10.6. The molecule has 0 aliphatic heterocycles. The fraction of sp³-hybridized carbons (Fsp3) is 0.400. The first-order chi connectivity index (χ1) is 24.9. The largest absolute Gasteiger partial charge is 0.507 e. The van der Waals surface area contributed by atoms with Gasteiger partial charge in [0.1, 0.15) is 11.6 Å². The standard InChI is InChI=1S/C50H60N3O.Pt/c1-46(2,3)31-23-24-51-41(28-31)38-29-37(39(49(10,11)12)30-40(38)50(13,14)15)35-20-18-21-42-44(35)52-45(36-19-16-17-22-43(36)54)53(42)34-26-32(47(4,5)6)25-33(27-34)48(7,8)9;/h16-28,30,54H,1-15H3;/q-1;. The molecule has 6 rings (SSSR count). The average molecular weight is 914 g/mol. The number of para-hydroxylation sites is 2. The minimum absolute atomic E-state index is 0. The topological polar surface area (TPSA) is 50.9 Å². The third kappa shape index (κ3) is 8.41. The van der Waals surface area contributed by atoms with E-state index >= 15 is 0 Å². The van der Waals surface area contributed by atoms with Gasteiger partial charge in [0, 0.05) is 38.6 Å². The first-order valence-electron chi connectivity index (χ1n) is 19.4. The second-order valence-electron chi connectivity index (χ2n) is 20.3. The molecule has 0 saturated heterocycles. The van der Waals surface area contributed by atoms with Crippen LogP contribution in [0.3, 0.4) is 0 Å². The van der Waals surface area contributed by atoms with Crippen LogP contribution in [-0.4, -0.2) is 19.6 Å². The van der Waals surface area contributed by atoms with Crippen LogP contribution in [0.1, 0.15) is 132 Å². The van der Waals surface area contributed by atoms with Gasteiger partial charge in [-0.25, -0.2) is 4.98 Å². The van der Waals surface area contributed by atoms with E-state index in [1.165, 1.54) is 27.8 Å². The Kier molecular flexibility index (Phi) is 11.1. The van der Waals surface area contributed by atoms with E-state index in [2.05, 4.69) is 169 Å². The van der Waals surface area contributed by atoms with Crippen molar-refractivity contribution < 1.29 is 26.2 Å². The number of benzene rings is 4. The summed E-state index contributed by atoms with van der Waals surface area (Å²) in [5.41, 5.74) is 13.2. The molecule has 0 radical (unpaired) electrons. The molecule has 0 bridgehead atoms. The van der Waals surface area contributed by atoms with E-state index in [1.807, 2.05) is 24.4 Å². The minimum atomic E-state index is -0.195. The van der Waals surface area contributed by atoms with Gasteiger partial charge < -0.3 is 5.11 Å². The molecule has 0 spiro atoms.